The van der Waals surface area contributed by atoms with Gasteiger partial charge in [0.05, 0.1) is 0 Å². The van der Waals surface area contributed by atoms with E-state index in [1.807, 2.05) is 68.4 Å². The van der Waals surface area contributed by atoms with Crippen LogP contribution in [0.3, 0.4) is 0 Å². The molecule has 0 saturated carbocycles. The van der Waals surface area contributed by atoms with Crippen LogP contribution < -0.4 is 15.5 Å². The lowest BCUT2D eigenvalue weighted by Crippen LogP contribution is -2.39. The van der Waals surface area contributed by atoms with E-state index in [0.717, 1.165) is 29.9 Å². The number of anilines is 3. The standard InChI is InChI=1S/C25H33N3O4/c1-19(2)28(23-15-13-22(14-16-23)27-21-10-6-4-7-11-21)24(30)18-32-25(31)12-8-5-9-17-26-20(3)29/h4,6-7,10-11,13-16,19,27H,5,8-9,12,17-18H2,1-3H3,(H,26,29). The van der Waals surface area contributed by atoms with Gasteiger partial charge >= 0.3 is 5.97 Å². The van der Waals surface area contributed by atoms with E-state index in [9.17, 15) is 14.4 Å². The van der Waals surface area contributed by atoms with E-state index in [1.54, 1.807) is 4.90 Å². The van der Waals surface area contributed by atoms with E-state index < -0.39 is 0 Å². The van der Waals surface area contributed by atoms with Gasteiger partial charge in [0, 0.05) is 43.0 Å². The molecule has 2 amide bonds. The lowest BCUT2D eigenvalue weighted by molar-refractivity contribution is -0.148. The van der Waals surface area contributed by atoms with Gasteiger partial charge in [0.15, 0.2) is 6.61 Å². The SMILES string of the molecule is CC(=O)NCCCCCC(=O)OCC(=O)N(c1ccc(Nc2ccccc2)cc1)C(C)C. The zero-order chi connectivity index (χ0) is 23.3. The Morgan fingerprint density at radius 3 is 2.19 bits per heavy atom. The minimum atomic E-state index is -0.385. The lowest BCUT2D eigenvalue weighted by Gasteiger charge is -2.27. The number of rotatable bonds is 12. The maximum atomic E-state index is 12.7. The molecular formula is C25H33N3O4. The molecule has 0 aliphatic carbocycles. The normalized spacial score (nSPS) is 10.5. The zero-order valence-corrected chi connectivity index (χ0v) is 19.1. The highest BCUT2D eigenvalue weighted by Gasteiger charge is 2.20. The Bertz CT molecular complexity index is 867. The Morgan fingerprint density at radius 1 is 0.906 bits per heavy atom. The van der Waals surface area contributed by atoms with Crippen molar-refractivity contribution in [3.05, 3.63) is 54.6 Å². The van der Waals surface area contributed by atoms with Crippen LogP contribution in [-0.2, 0) is 19.1 Å². The van der Waals surface area contributed by atoms with Crippen LogP contribution in [0.25, 0.3) is 0 Å². The molecule has 0 saturated heterocycles. The minimum absolute atomic E-state index is 0.0558. The van der Waals surface area contributed by atoms with E-state index in [4.69, 9.17) is 4.74 Å². The summed E-state index contributed by atoms with van der Waals surface area (Å²) in [5.74, 6) is -0.702. The molecule has 0 heterocycles. The summed E-state index contributed by atoms with van der Waals surface area (Å²) in [6.45, 7) is 5.64. The van der Waals surface area contributed by atoms with Crippen molar-refractivity contribution in [3.8, 4) is 0 Å². The fourth-order valence-corrected chi connectivity index (χ4v) is 3.24. The first kappa shape index (κ1) is 24.9. The quantitative estimate of drug-likeness (QED) is 0.378. The van der Waals surface area contributed by atoms with Crippen LogP contribution in [0.15, 0.2) is 54.6 Å². The van der Waals surface area contributed by atoms with Gasteiger partial charge in [0.1, 0.15) is 0 Å². The summed E-state index contributed by atoms with van der Waals surface area (Å²) >= 11 is 0. The van der Waals surface area contributed by atoms with Crippen molar-refractivity contribution in [3.63, 3.8) is 0 Å². The topological polar surface area (TPSA) is 87.7 Å². The molecule has 32 heavy (non-hydrogen) atoms. The monoisotopic (exact) mass is 439 g/mol. The summed E-state index contributed by atoms with van der Waals surface area (Å²) < 4.78 is 5.19. The Labute approximate surface area is 190 Å². The number of ether oxygens (including phenoxy) is 1. The van der Waals surface area contributed by atoms with Crippen LogP contribution in [0.1, 0.15) is 46.5 Å². The molecule has 2 rings (SSSR count). The van der Waals surface area contributed by atoms with Crippen LogP contribution in [-0.4, -0.2) is 37.0 Å². The van der Waals surface area contributed by atoms with Crippen molar-refractivity contribution in [1.29, 1.82) is 0 Å². The summed E-state index contributed by atoms with van der Waals surface area (Å²) in [7, 11) is 0. The fourth-order valence-electron chi connectivity index (χ4n) is 3.24. The number of benzene rings is 2. The maximum absolute atomic E-state index is 12.7. The van der Waals surface area contributed by atoms with Crippen LogP contribution in [0.5, 0.6) is 0 Å². The van der Waals surface area contributed by atoms with Crippen molar-refractivity contribution in [2.45, 2.75) is 52.5 Å². The number of nitrogens with zero attached hydrogens (tertiary/aromatic N) is 1. The van der Waals surface area contributed by atoms with Crippen LogP contribution in [0.2, 0.25) is 0 Å². The second-order valence-corrected chi connectivity index (χ2v) is 7.85. The molecule has 0 aromatic heterocycles. The highest BCUT2D eigenvalue weighted by Crippen LogP contribution is 2.23. The molecule has 0 bridgehead atoms. The van der Waals surface area contributed by atoms with Crippen LogP contribution >= 0.6 is 0 Å². The number of unbranched alkanes of at least 4 members (excludes halogenated alkanes) is 2. The van der Waals surface area contributed by atoms with Crippen molar-refractivity contribution >= 4 is 34.8 Å². The number of para-hydroxylation sites is 1. The van der Waals surface area contributed by atoms with Gasteiger partial charge in [-0.1, -0.05) is 24.6 Å². The van der Waals surface area contributed by atoms with E-state index >= 15 is 0 Å². The average molecular weight is 440 g/mol. The summed E-state index contributed by atoms with van der Waals surface area (Å²) in [5, 5.41) is 6.03. The molecule has 172 valence electrons. The first-order valence-electron chi connectivity index (χ1n) is 11.0. The van der Waals surface area contributed by atoms with Gasteiger partial charge in [-0.3, -0.25) is 14.4 Å². The van der Waals surface area contributed by atoms with E-state index in [0.29, 0.717) is 13.0 Å². The Morgan fingerprint density at radius 2 is 1.56 bits per heavy atom. The summed E-state index contributed by atoms with van der Waals surface area (Å²) in [4.78, 5) is 37.1. The van der Waals surface area contributed by atoms with Gasteiger partial charge in [0.25, 0.3) is 5.91 Å². The molecule has 0 unspecified atom stereocenters. The molecule has 0 radical (unpaired) electrons. The molecule has 7 nitrogen and oxygen atoms in total. The van der Waals surface area contributed by atoms with Crippen molar-refractivity contribution in [1.82, 2.24) is 5.32 Å². The first-order chi connectivity index (χ1) is 15.4. The molecule has 0 spiro atoms. The molecule has 2 N–H and O–H groups in total. The third kappa shape index (κ3) is 8.79. The maximum Gasteiger partial charge on any atom is 0.306 e. The molecule has 7 heteroatoms. The van der Waals surface area contributed by atoms with Crippen LogP contribution in [0.4, 0.5) is 17.1 Å². The summed E-state index contributed by atoms with van der Waals surface area (Å²) in [6, 6.07) is 17.3. The number of carbonyl (C=O) groups is 3. The van der Waals surface area contributed by atoms with Crippen molar-refractivity contribution in [2.75, 3.05) is 23.4 Å². The second kappa shape index (κ2) is 13.1. The van der Waals surface area contributed by atoms with Crippen LogP contribution in [0, 0.1) is 0 Å². The molecule has 0 aliphatic heterocycles. The third-order valence-electron chi connectivity index (χ3n) is 4.78. The number of hydrogen-bond acceptors (Lipinski definition) is 5. The summed E-state index contributed by atoms with van der Waals surface area (Å²) in [6.07, 6.45) is 2.54. The third-order valence-corrected chi connectivity index (χ3v) is 4.78. The summed E-state index contributed by atoms with van der Waals surface area (Å²) in [5.41, 5.74) is 2.65. The molecule has 0 atom stereocenters. The Balaban J connectivity index is 1.81. The molecule has 2 aromatic rings. The molecule has 0 aliphatic rings. The van der Waals surface area contributed by atoms with Crippen molar-refractivity contribution in [2.24, 2.45) is 0 Å². The Hall–Kier alpha value is -3.35. The highest BCUT2D eigenvalue weighted by molar-refractivity contribution is 5.95. The number of hydrogen-bond donors (Lipinski definition) is 2. The predicted octanol–water partition coefficient (Wildman–Crippen LogP) is 4.41. The van der Waals surface area contributed by atoms with Gasteiger partial charge < -0.3 is 20.3 Å². The van der Waals surface area contributed by atoms with E-state index in [2.05, 4.69) is 10.6 Å². The van der Waals surface area contributed by atoms with Gasteiger partial charge in [0.2, 0.25) is 5.91 Å². The number of esters is 1. The van der Waals surface area contributed by atoms with Gasteiger partial charge in [-0.2, -0.15) is 0 Å². The number of nitrogens with one attached hydrogen (secondary N) is 2. The lowest BCUT2D eigenvalue weighted by atomic mass is 10.2. The molecular weight excluding hydrogens is 406 g/mol. The van der Waals surface area contributed by atoms with Gasteiger partial charge in [-0.05, 0) is 63.1 Å². The van der Waals surface area contributed by atoms with E-state index in [1.165, 1.54) is 6.92 Å². The fraction of sp³-hybridized carbons (Fsp3) is 0.400. The first-order valence-corrected chi connectivity index (χ1v) is 11.0. The predicted molar refractivity (Wildman–Crippen MR) is 127 cm³/mol. The van der Waals surface area contributed by atoms with Crippen molar-refractivity contribution < 1.29 is 19.1 Å². The highest BCUT2D eigenvalue weighted by atomic mass is 16.5. The minimum Gasteiger partial charge on any atom is -0.456 e. The Kier molecular flexibility index (Phi) is 10.2. The number of amides is 2. The number of carbonyl (C=O) groups excluding carboxylic acids is 3. The molecule has 2 aromatic carbocycles. The zero-order valence-electron chi connectivity index (χ0n) is 19.1. The second-order valence-electron chi connectivity index (χ2n) is 7.85. The van der Waals surface area contributed by atoms with Gasteiger partial charge in [-0.15, -0.1) is 0 Å². The largest absolute Gasteiger partial charge is 0.456 e. The molecule has 0 fully saturated rings. The average Bonchev–Trinajstić information content (AvgIpc) is 2.76. The smallest absolute Gasteiger partial charge is 0.306 e. The van der Waals surface area contributed by atoms with Gasteiger partial charge in [-0.25, -0.2) is 0 Å². The van der Waals surface area contributed by atoms with E-state index in [-0.39, 0.29) is 36.9 Å².